The standard InChI is InChI=1S/C22H25N5O4S/c1-13-5-4-6-14(9-13)27-21(29)16-11-23-26-20(16)25-22(27)32-12-19(28)24-17-10-15(30-2)7-8-18(17)31-3/h4-10,16,20,23,26H,11-12H2,1-3H3,(H,24,28). The number of benzene rings is 2. The van der Waals surface area contributed by atoms with Gasteiger partial charge in [-0.1, -0.05) is 23.9 Å². The van der Waals surface area contributed by atoms with Crippen molar-refractivity contribution in [2.45, 2.75) is 13.1 Å². The molecule has 3 N–H and O–H groups in total. The second-order valence-electron chi connectivity index (χ2n) is 7.40. The third-order valence-electron chi connectivity index (χ3n) is 5.20. The number of carbonyl (C=O) groups is 2. The summed E-state index contributed by atoms with van der Waals surface area (Å²) in [5.41, 5.74) is 8.31. The molecular weight excluding hydrogens is 430 g/mol. The second kappa shape index (κ2) is 9.60. The molecule has 2 unspecified atom stereocenters. The van der Waals surface area contributed by atoms with Gasteiger partial charge in [0, 0.05) is 12.6 Å². The van der Waals surface area contributed by atoms with Crippen molar-refractivity contribution in [3.8, 4) is 11.5 Å². The van der Waals surface area contributed by atoms with Gasteiger partial charge in [-0.2, -0.15) is 0 Å². The van der Waals surface area contributed by atoms with Crippen LogP contribution in [-0.4, -0.2) is 49.7 Å². The molecule has 2 heterocycles. The zero-order chi connectivity index (χ0) is 22.7. The van der Waals surface area contributed by atoms with Crippen LogP contribution in [0.25, 0.3) is 0 Å². The molecule has 168 valence electrons. The van der Waals surface area contributed by atoms with Crippen LogP contribution in [0.1, 0.15) is 5.56 Å². The highest BCUT2D eigenvalue weighted by atomic mass is 32.2. The fraction of sp³-hybridized carbons (Fsp3) is 0.318. The first kappa shape index (κ1) is 22.1. The molecule has 0 radical (unpaired) electrons. The number of ether oxygens (including phenoxy) is 2. The van der Waals surface area contributed by atoms with Gasteiger partial charge in [-0.15, -0.1) is 0 Å². The number of thioether (sulfide) groups is 1. The summed E-state index contributed by atoms with van der Waals surface area (Å²) in [5, 5.41) is 3.32. The van der Waals surface area contributed by atoms with Gasteiger partial charge < -0.3 is 14.8 Å². The highest BCUT2D eigenvalue weighted by Gasteiger charge is 2.42. The molecule has 2 aromatic carbocycles. The van der Waals surface area contributed by atoms with E-state index in [1.165, 1.54) is 18.9 Å². The van der Waals surface area contributed by atoms with E-state index < -0.39 is 0 Å². The maximum atomic E-state index is 13.2. The third kappa shape index (κ3) is 4.57. The fourth-order valence-corrected chi connectivity index (χ4v) is 4.45. The van der Waals surface area contributed by atoms with E-state index in [1.807, 2.05) is 31.2 Å². The Labute approximate surface area is 190 Å². The van der Waals surface area contributed by atoms with Gasteiger partial charge in [-0.3, -0.25) is 19.9 Å². The Bertz CT molecular complexity index is 1060. The molecule has 0 saturated carbocycles. The Balaban J connectivity index is 1.52. The summed E-state index contributed by atoms with van der Waals surface area (Å²) >= 11 is 1.21. The normalized spacial score (nSPS) is 19.9. The van der Waals surface area contributed by atoms with Crippen molar-refractivity contribution >= 4 is 40.1 Å². The minimum Gasteiger partial charge on any atom is -0.497 e. The van der Waals surface area contributed by atoms with E-state index in [9.17, 15) is 9.59 Å². The average Bonchev–Trinajstić information content (AvgIpc) is 3.26. The number of nitrogens with zero attached hydrogens (tertiary/aromatic N) is 2. The third-order valence-corrected chi connectivity index (χ3v) is 6.16. The number of hydrogen-bond donors (Lipinski definition) is 3. The lowest BCUT2D eigenvalue weighted by molar-refractivity contribution is -0.121. The lowest BCUT2D eigenvalue weighted by Crippen LogP contribution is -2.49. The molecule has 4 rings (SSSR count). The Hall–Kier alpha value is -3.08. The lowest BCUT2D eigenvalue weighted by Gasteiger charge is -2.32. The lowest BCUT2D eigenvalue weighted by atomic mass is 10.0. The van der Waals surface area contributed by atoms with Crippen LogP contribution in [0.15, 0.2) is 47.5 Å². The van der Waals surface area contributed by atoms with Crippen molar-refractivity contribution in [3.63, 3.8) is 0 Å². The van der Waals surface area contributed by atoms with Crippen molar-refractivity contribution in [2.75, 3.05) is 36.7 Å². The molecule has 0 aliphatic carbocycles. The molecule has 2 atom stereocenters. The van der Waals surface area contributed by atoms with Gasteiger partial charge >= 0.3 is 0 Å². The summed E-state index contributed by atoms with van der Waals surface area (Å²) in [4.78, 5) is 32.3. The summed E-state index contributed by atoms with van der Waals surface area (Å²) in [6.45, 7) is 2.47. The second-order valence-corrected chi connectivity index (χ2v) is 8.35. The number of aryl methyl sites for hydroxylation is 1. The van der Waals surface area contributed by atoms with Crippen LogP contribution in [0.2, 0.25) is 0 Å². The zero-order valence-corrected chi connectivity index (χ0v) is 18.9. The van der Waals surface area contributed by atoms with Gasteiger partial charge in [0.1, 0.15) is 17.7 Å². The van der Waals surface area contributed by atoms with Crippen LogP contribution < -0.4 is 30.5 Å². The summed E-state index contributed by atoms with van der Waals surface area (Å²) < 4.78 is 10.5. The first-order valence-corrected chi connectivity index (χ1v) is 11.1. The number of methoxy groups -OCH3 is 2. The minimum absolute atomic E-state index is 0.0505. The van der Waals surface area contributed by atoms with E-state index in [2.05, 4.69) is 16.2 Å². The predicted molar refractivity (Wildman–Crippen MR) is 125 cm³/mol. The summed E-state index contributed by atoms with van der Waals surface area (Å²) in [6, 6.07) is 12.9. The molecule has 2 aromatic rings. The molecule has 2 aliphatic rings. The Morgan fingerprint density at radius 3 is 2.84 bits per heavy atom. The van der Waals surface area contributed by atoms with Gasteiger partial charge in [0.15, 0.2) is 5.17 Å². The molecular formula is C22H25N5O4S. The molecule has 10 heteroatoms. The molecule has 0 aromatic heterocycles. The van der Waals surface area contributed by atoms with Crippen LogP contribution in [0.4, 0.5) is 11.4 Å². The number of aliphatic imine (C=N–C) groups is 1. The van der Waals surface area contributed by atoms with Crippen LogP contribution in [-0.2, 0) is 9.59 Å². The van der Waals surface area contributed by atoms with Gasteiger partial charge in [-0.05, 0) is 36.8 Å². The summed E-state index contributed by atoms with van der Waals surface area (Å²) in [7, 11) is 3.09. The van der Waals surface area contributed by atoms with Crippen molar-refractivity contribution in [1.29, 1.82) is 0 Å². The van der Waals surface area contributed by atoms with Crippen molar-refractivity contribution < 1.29 is 19.1 Å². The van der Waals surface area contributed by atoms with Crippen LogP contribution in [0.5, 0.6) is 11.5 Å². The number of amidine groups is 1. The number of carbonyl (C=O) groups excluding carboxylic acids is 2. The topological polar surface area (TPSA) is 104 Å². The minimum atomic E-state index is -0.354. The van der Waals surface area contributed by atoms with E-state index >= 15 is 0 Å². The average molecular weight is 456 g/mol. The molecule has 1 saturated heterocycles. The van der Waals surface area contributed by atoms with Crippen LogP contribution in [0, 0.1) is 12.8 Å². The van der Waals surface area contributed by atoms with Crippen molar-refractivity contribution in [3.05, 3.63) is 48.0 Å². The Morgan fingerprint density at radius 1 is 1.25 bits per heavy atom. The first-order chi connectivity index (χ1) is 15.5. The van der Waals surface area contributed by atoms with E-state index in [0.717, 1.165) is 11.3 Å². The number of fused-ring (bicyclic) bond motifs is 1. The molecule has 32 heavy (non-hydrogen) atoms. The van der Waals surface area contributed by atoms with E-state index in [-0.39, 0.29) is 29.7 Å². The maximum Gasteiger partial charge on any atom is 0.241 e. The quantitative estimate of drug-likeness (QED) is 0.613. The van der Waals surface area contributed by atoms with Gasteiger partial charge in [0.25, 0.3) is 0 Å². The smallest absolute Gasteiger partial charge is 0.241 e. The van der Waals surface area contributed by atoms with E-state index in [0.29, 0.717) is 28.9 Å². The zero-order valence-electron chi connectivity index (χ0n) is 18.0. The van der Waals surface area contributed by atoms with E-state index in [4.69, 9.17) is 14.5 Å². The molecule has 2 aliphatic heterocycles. The monoisotopic (exact) mass is 455 g/mol. The maximum absolute atomic E-state index is 13.2. The van der Waals surface area contributed by atoms with Gasteiger partial charge in [0.2, 0.25) is 11.8 Å². The number of anilines is 2. The number of nitrogens with one attached hydrogen (secondary N) is 3. The molecule has 0 spiro atoms. The Morgan fingerprint density at radius 2 is 2.09 bits per heavy atom. The van der Waals surface area contributed by atoms with Gasteiger partial charge in [0.05, 0.1) is 37.3 Å². The summed E-state index contributed by atoms with van der Waals surface area (Å²) in [5.74, 6) is 0.604. The highest BCUT2D eigenvalue weighted by molar-refractivity contribution is 8.14. The number of amides is 2. The number of rotatable bonds is 6. The number of hydrazine groups is 1. The molecule has 1 fully saturated rings. The Kier molecular flexibility index (Phi) is 6.63. The molecule has 0 bridgehead atoms. The van der Waals surface area contributed by atoms with Crippen LogP contribution in [0.3, 0.4) is 0 Å². The number of hydrogen-bond acceptors (Lipinski definition) is 8. The van der Waals surface area contributed by atoms with Crippen molar-refractivity contribution in [2.24, 2.45) is 10.9 Å². The highest BCUT2D eigenvalue weighted by Crippen LogP contribution is 2.31. The van der Waals surface area contributed by atoms with Gasteiger partial charge in [-0.25, -0.2) is 10.4 Å². The first-order valence-electron chi connectivity index (χ1n) is 10.1. The molecule has 2 amide bonds. The van der Waals surface area contributed by atoms with E-state index in [1.54, 1.807) is 30.2 Å². The summed E-state index contributed by atoms with van der Waals surface area (Å²) in [6.07, 6.45) is -0.354. The largest absolute Gasteiger partial charge is 0.497 e. The fourth-order valence-electron chi connectivity index (χ4n) is 3.60. The predicted octanol–water partition coefficient (Wildman–Crippen LogP) is 2.14. The molecule has 9 nitrogen and oxygen atoms in total. The SMILES string of the molecule is COc1ccc(OC)c(NC(=O)CSC2=NC3NNCC3C(=O)N2c2cccc(C)c2)c1. The van der Waals surface area contributed by atoms with Crippen LogP contribution >= 0.6 is 11.8 Å². The van der Waals surface area contributed by atoms with Crippen molar-refractivity contribution in [1.82, 2.24) is 10.9 Å².